The fraction of sp³-hybridized carbons (Fsp3) is 0.267. The number of rotatable bonds is 6. The lowest BCUT2D eigenvalue weighted by Gasteiger charge is -2.03. The van der Waals surface area contributed by atoms with Gasteiger partial charge in [0.15, 0.2) is 0 Å². The first-order chi connectivity index (χ1) is 10.1. The number of nitrogens with one attached hydrogen (secondary N) is 1. The molecule has 2 aromatic rings. The van der Waals surface area contributed by atoms with Crippen molar-refractivity contribution in [3.8, 4) is 0 Å². The molecule has 2 heterocycles. The zero-order chi connectivity index (χ0) is 15.2. The Morgan fingerprint density at radius 3 is 2.81 bits per heavy atom. The van der Waals surface area contributed by atoms with E-state index < -0.39 is 5.97 Å². The summed E-state index contributed by atoms with van der Waals surface area (Å²) in [7, 11) is 0. The third-order valence-corrected chi connectivity index (χ3v) is 2.99. The summed E-state index contributed by atoms with van der Waals surface area (Å²) in [5.74, 6) is -0.410. The van der Waals surface area contributed by atoms with E-state index in [1.807, 2.05) is 18.2 Å². The molecule has 0 fully saturated rings. The van der Waals surface area contributed by atoms with Crippen molar-refractivity contribution in [2.24, 2.45) is 0 Å². The SMILES string of the molecule is Cc1oc(CNC(=O)CCc2ccccn2)cc1C(=O)O. The second-order valence-corrected chi connectivity index (χ2v) is 4.59. The molecule has 0 aromatic carbocycles. The minimum absolute atomic E-state index is 0.118. The smallest absolute Gasteiger partial charge is 0.339 e. The number of carboxylic acid groups (broad SMARTS) is 1. The van der Waals surface area contributed by atoms with Crippen LogP contribution in [0.2, 0.25) is 0 Å². The van der Waals surface area contributed by atoms with E-state index in [0.29, 0.717) is 24.4 Å². The molecule has 1 amide bonds. The Morgan fingerprint density at radius 1 is 1.38 bits per heavy atom. The maximum atomic E-state index is 11.7. The maximum absolute atomic E-state index is 11.7. The van der Waals surface area contributed by atoms with Gasteiger partial charge in [-0.05, 0) is 31.5 Å². The first-order valence-corrected chi connectivity index (χ1v) is 6.55. The Hall–Kier alpha value is -2.63. The molecule has 21 heavy (non-hydrogen) atoms. The molecule has 0 radical (unpaired) electrons. The Morgan fingerprint density at radius 2 is 2.19 bits per heavy atom. The van der Waals surface area contributed by atoms with Gasteiger partial charge in [-0.2, -0.15) is 0 Å². The van der Waals surface area contributed by atoms with Crippen molar-refractivity contribution in [3.63, 3.8) is 0 Å². The van der Waals surface area contributed by atoms with Crippen LogP contribution >= 0.6 is 0 Å². The standard InChI is InChI=1S/C15H16N2O4/c1-10-13(15(19)20)8-12(21-10)9-17-14(18)6-5-11-4-2-3-7-16-11/h2-4,7-8H,5-6,9H2,1H3,(H,17,18)(H,19,20). The predicted molar refractivity (Wildman–Crippen MR) is 74.8 cm³/mol. The van der Waals surface area contributed by atoms with Crippen LogP contribution in [0, 0.1) is 6.92 Å². The van der Waals surface area contributed by atoms with E-state index >= 15 is 0 Å². The van der Waals surface area contributed by atoms with E-state index in [1.165, 1.54) is 6.07 Å². The normalized spacial score (nSPS) is 10.3. The van der Waals surface area contributed by atoms with Gasteiger partial charge in [-0.25, -0.2) is 4.79 Å². The van der Waals surface area contributed by atoms with Gasteiger partial charge in [0, 0.05) is 18.3 Å². The molecule has 6 nitrogen and oxygen atoms in total. The van der Waals surface area contributed by atoms with Crippen LogP contribution in [0.25, 0.3) is 0 Å². The Labute approximate surface area is 121 Å². The van der Waals surface area contributed by atoms with Gasteiger partial charge in [0.25, 0.3) is 0 Å². The van der Waals surface area contributed by atoms with Gasteiger partial charge in [-0.3, -0.25) is 9.78 Å². The van der Waals surface area contributed by atoms with Crippen LogP contribution in [-0.4, -0.2) is 22.0 Å². The Bertz CT molecular complexity index is 634. The molecule has 2 aromatic heterocycles. The van der Waals surface area contributed by atoms with Crippen LogP contribution in [-0.2, 0) is 17.8 Å². The second kappa shape index (κ2) is 6.69. The van der Waals surface area contributed by atoms with E-state index in [4.69, 9.17) is 9.52 Å². The zero-order valence-electron chi connectivity index (χ0n) is 11.6. The van der Waals surface area contributed by atoms with Crippen molar-refractivity contribution in [2.45, 2.75) is 26.3 Å². The molecule has 0 spiro atoms. The molecule has 0 saturated carbocycles. The molecule has 0 unspecified atom stereocenters. The first kappa shape index (κ1) is 14.8. The number of hydrogen-bond acceptors (Lipinski definition) is 4. The summed E-state index contributed by atoms with van der Waals surface area (Å²) in [5.41, 5.74) is 0.974. The Kier molecular flexibility index (Phi) is 4.71. The quantitative estimate of drug-likeness (QED) is 0.847. The fourth-order valence-electron chi connectivity index (χ4n) is 1.90. The fourth-order valence-corrected chi connectivity index (χ4v) is 1.90. The lowest BCUT2D eigenvalue weighted by atomic mass is 10.2. The molecule has 2 rings (SSSR count). The van der Waals surface area contributed by atoms with Gasteiger partial charge in [-0.15, -0.1) is 0 Å². The number of amides is 1. The summed E-state index contributed by atoms with van der Waals surface area (Å²) >= 11 is 0. The van der Waals surface area contributed by atoms with E-state index in [0.717, 1.165) is 5.69 Å². The Balaban J connectivity index is 1.81. The molecule has 110 valence electrons. The van der Waals surface area contributed by atoms with Crippen LogP contribution in [0.15, 0.2) is 34.9 Å². The molecular weight excluding hydrogens is 272 g/mol. The lowest BCUT2D eigenvalue weighted by Crippen LogP contribution is -2.22. The number of aryl methyl sites for hydroxylation is 2. The van der Waals surface area contributed by atoms with Gasteiger partial charge in [0.2, 0.25) is 5.91 Å². The molecule has 0 aliphatic rings. The molecule has 0 atom stereocenters. The molecular formula is C15H16N2O4. The summed E-state index contributed by atoms with van der Waals surface area (Å²) in [6, 6.07) is 6.99. The molecule has 0 aliphatic heterocycles. The summed E-state index contributed by atoms with van der Waals surface area (Å²) < 4.78 is 5.28. The lowest BCUT2D eigenvalue weighted by molar-refractivity contribution is -0.121. The van der Waals surface area contributed by atoms with E-state index in [-0.39, 0.29) is 18.0 Å². The summed E-state index contributed by atoms with van der Waals surface area (Å²) in [5, 5.41) is 11.6. The highest BCUT2D eigenvalue weighted by Crippen LogP contribution is 2.14. The van der Waals surface area contributed by atoms with E-state index in [2.05, 4.69) is 10.3 Å². The molecule has 2 N–H and O–H groups in total. The number of carboxylic acids is 1. The van der Waals surface area contributed by atoms with Crippen molar-refractivity contribution >= 4 is 11.9 Å². The van der Waals surface area contributed by atoms with Gasteiger partial charge >= 0.3 is 5.97 Å². The van der Waals surface area contributed by atoms with E-state index in [9.17, 15) is 9.59 Å². The van der Waals surface area contributed by atoms with Gasteiger partial charge in [0.1, 0.15) is 17.1 Å². The minimum Gasteiger partial charge on any atom is -0.478 e. The highest BCUT2D eigenvalue weighted by molar-refractivity contribution is 5.88. The summed E-state index contributed by atoms with van der Waals surface area (Å²) in [6.07, 6.45) is 2.57. The van der Waals surface area contributed by atoms with Crippen molar-refractivity contribution in [1.82, 2.24) is 10.3 Å². The average molecular weight is 288 g/mol. The number of aromatic carboxylic acids is 1. The highest BCUT2D eigenvalue weighted by atomic mass is 16.4. The van der Waals surface area contributed by atoms with Crippen molar-refractivity contribution in [2.75, 3.05) is 0 Å². The topological polar surface area (TPSA) is 92.4 Å². The van der Waals surface area contributed by atoms with Crippen LogP contribution < -0.4 is 5.32 Å². The first-order valence-electron chi connectivity index (χ1n) is 6.55. The van der Waals surface area contributed by atoms with Gasteiger partial charge < -0.3 is 14.8 Å². The van der Waals surface area contributed by atoms with Gasteiger partial charge in [0.05, 0.1) is 6.54 Å². The zero-order valence-corrected chi connectivity index (χ0v) is 11.6. The maximum Gasteiger partial charge on any atom is 0.339 e. The highest BCUT2D eigenvalue weighted by Gasteiger charge is 2.14. The number of carbonyl (C=O) groups is 2. The van der Waals surface area contributed by atoms with Crippen molar-refractivity contribution in [3.05, 3.63) is 53.2 Å². The van der Waals surface area contributed by atoms with Gasteiger partial charge in [-0.1, -0.05) is 6.07 Å². The number of furan rings is 1. The van der Waals surface area contributed by atoms with Crippen LogP contribution in [0.3, 0.4) is 0 Å². The summed E-state index contributed by atoms with van der Waals surface area (Å²) in [4.78, 5) is 26.7. The van der Waals surface area contributed by atoms with Crippen LogP contribution in [0.4, 0.5) is 0 Å². The second-order valence-electron chi connectivity index (χ2n) is 4.59. The third-order valence-electron chi connectivity index (χ3n) is 2.99. The molecule has 6 heteroatoms. The number of hydrogen-bond donors (Lipinski definition) is 2. The molecule has 0 aliphatic carbocycles. The van der Waals surface area contributed by atoms with Crippen LogP contribution in [0.1, 0.15) is 34.0 Å². The monoisotopic (exact) mass is 288 g/mol. The molecule has 0 saturated heterocycles. The number of carbonyl (C=O) groups excluding carboxylic acids is 1. The predicted octanol–water partition coefficient (Wildman–Crippen LogP) is 1.93. The third kappa shape index (κ3) is 4.17. The van der Waals surface area contributed by atoms with Crippen molar-refractivity contribution < 1.29 is 19.1 Å². The number of aromatic nitrogens is 1. The minimum atomic E-state index is -1.04. The van der Waals surface area contributed by atoms with Crippen molar-refractivity contribution in [1.29, 1.82) is 0 Å². The summed E-state index contributed by atoms with van der Waals surface area (Å²) in [6.45, 7) is 1.75. The largest absolute Gasteiger partial charge is 0.478 e. The van der Waals surface area contributed by atoms with E-state index in [1.54, 1.807) is 13.1 Å². The molecule has 0 bridgehead atoms. The number of pyridine rings is 1. The van der Waals surface area contributed by atoms with Crippen LogP contribution in [0.5, 0.6) is 0 Å². The average Bonchev–Trinajstić information content (AvgIpc) is 2.85. The number of nitrogens with zero attached hydrogens (tertiary/aromatic N) is 1.